The Morgan fingerprint density at radius 2 is 2.50 bits per heavy atom. The molecule has 0 heterocycles. The minimum Gasteiger partial charge on any atom is -0.270 e. The van der Waals surface area contributed by atoms with Gasteiger partial charge < -0.3 is 0 Å². The van der Waals surface area contributed by atoms with Crippen molar-refractivity contribution < 1.29 is 9.28 Å². The van der Waals surface area contributed by atoms with Crippen LogP contribution in [0.4, 0.5) is 4.48 Å². The third kappa shape index (κ3) is 1.69. The molecule has 0 aromatic heterocycles. The predicted octanol–water partition coefficient (Wildman–Crippen LogP) is 0.412. The summed E-state index contributed by atoms with van der Waals surface area (Å²) in [6, 6.07) is 0. The van der Waals surface area contributed by atoms with Gasteiger partial charge in [0.15, 0.2) is 0 Å². The van der Waals surface area contributed by atoms with Gasteiger partial charge in [-0.15, -0.1) is 0 Å². The van der Waals surface area contributed by atoms with E-state index in [1.807, 2.05) is 5.54 Å². The fourth-order valence-corrected chi connectivity index (χ4v) is 0.0598. The molecule has 0 saturated heterocycles. The highest BCUT2D eigenvalue weighted by molar-refractivity contribution is 5.73. The molecule has 35 valence electrons. The van der Waals surface area contributed by atoms with Crippen molar-refractivity contribution in [1.29, 1.82) is 0 Å². The molecule has 0 aliphatic carbocycles. The fourth-order valence-electron chi connectivity index (χ4n) is 0.0598. The van der Waals surface area contributed by atoms with Gasteiger partial charge in [0.05, 0.1) is 0 Å². The number of hydrogen-bond donors (Lipinski definition) is 0. The number of halogens is 1. The van der Waals surface area contributed by atoms with Crippen LogP contribution in [-0.4, -0.2) is 5.91 Å². The Morgan fingerprint density at radius 1 is 2.00 bits per heavy atom. The second kappa shape index (κ2) is 2.63. The monoisotopic (exact) mass is 90.0 g/mol. The summed E-state index contributed by atoms with van der Waals surface area (Å²) in [6.45, 7) is 1.55. The molecular weight excluding hydrogens is 85.0 g/mol. The lowest BCUT2D eigenvalue weighted by atomic mass is 10.5. The summed E-state index contributed by atoms with van der Waals surface area (Å²) in [5, 5.41) is 0. The number of nitrogens with zero attached hydrogens (tertiary/aromatic N) is 1. The molecule has 2 nitrogen and oxygen atoms in total. The van der Waals surface area contributed by atoms with Crippen molar-refractivity contribution in [3.63, 3.8) is 0 Å². The van der Waals surface area contributed by atoms with E-state index in [9.17, 15) is 9.28 Å². The minimum atomic E-state index is -0.699. The Kier molecular flexibility index (Phi) is 2.36. The van der Waals surface area contributed by atoms with Gasteiger partial charge in [0, 0.05) is 6.42 Å². The topological polar surface area (TPSA) is 31.2 Å². The molecule has 6 heavy (non-hydrogen) atoms. The lowest BCUT2D eigenvalue weighted by molar-refractivity contribution is -0.125. The van der Waals surface area contributed by atoms with Crippen LogP contribution in [-0.2, 0) is 4.79 Å². The van der Waals surface area contributed by atoms with E-state index in [0.29, 0.717) is 0 Å². The maximum absolute atomic E-state index is 10.7. The van der Waals surface area contributed by atoms with Crippen LogP contribution >= 0.6 is 0 Å². The maximum Gasteiger partial charge on any atom is 0.274 e. The molecule has 0 aliphatic rings. The lowest BCUT2D eigenvalue weighted by Crippen LogP contribution is -2.02. The van der Waals surface area contributed by atoms with E-state index in [1.165, 1.54) is 0 Å². The van der Waals surface area contributed by atoms with Gasteiger partial charge in [-0.05, 0) is 5.54 Å². The van der Waals surface area contributed by atoms with E-state index in [0.717, 1.165) is 0 Å². The molecule has 3 heteroatoms. The van der Waals surface area contributed by atoms with Crippen LogP contribution in [0.2, 0.25) is 0 Å². The predicted molar refractivity (Wildman–Crippen MR) is 18.5 cm³/mol. The highest BCUT2D eigenvalue weighted by atomic mass is 19.2. The number of amides is 1. The average molecular weight is 90.1 g/mol. The zero-order valence-corrected chi connectivity index (χ0v) is 3.44. The van der Waals surface area contributed by atoms with Gasteiger partial charge >= 0.3 is 0 Å². The molecule has 0 fully saturated rings. The van der Waals surface area contributed by atoms with Gasteiger partial charge in [0.2, 0.25) is 0 Å². The smallest absolute Gasteiger partial charge is 0.270 e. The highest BCUT2D eigenvalue weighted by Crippen LogP contribution is 1.73. The Balaban J connectivity index is 2.99. The molecule has 0 atom stereocenters. The Morgan fingerprint density at radius 3 is 2.50 bits per heavy atom. The third-order valence-corrected chi connectivity index (χ3v) is 0.397. The van der Waals surface area contributed by atoms with Crippen LogP contribution in [0.15, 0.2) is 0 Å². The molecule has 0 aromatic carbocycles. The first-order chi connectivity index (χ1) is 2.81. The number of carbonyl (C=O) groups is 1. The van der Waals surface area contributed by atoms with Gasteiger partial charge in [-0.1, -0.05) is 11.4 Å². The largest absolute Gasteiger partial charge is 0.274 e. The summed E-state index contributed by atoms with van der Waals surface area (Å²) < 4.78 is 10.7. The van der Waals surface area contributed by atoms with E-state index in [2.05, 4.69) is 0 Å². The highest BCUT2D eigenvalue weighted by Gasteiger charge is 1.92. The molecule has 0 spiro atoms. The fraction of sp³-hybridized carbons (Fsp3) is 0.667. The summed E-state index contributed by atoms with van der Waals surface area (Å²) in [5.41, 5.74) is 1.87. The van der Waals surface area contributed by atoms with Crippen molar-refractivity contribution in [2.24, 2.45) is 0 Å². The molecular formula is C3H5FNO. The first-order valence-corrected chi connectivity index (χ1v) is 1.66. The van der Waals surface area contributed by atoms with Gasteiger partial charge in [0.25, 0.3) is 5.91 Å². The van der Waals surface area contributed by atoms with Crippen molar-refractivity contribution in [1.82, 2.24) is 5.54 Å². The van der Waals surface area contributed by atoms with Crippen molar-refractivity contribution in [3.05, 3.63) is 0 Å². The maximum atomic E-state index is 10.7. The minimum absolute atomic E-state index is 0.149. The van der Waals surface area contributed by atoms with Crippen LogP contribution < -0.4 is 5.54 Å². The van der Waals surface area contributed by atoms with Crippen LogP contribution in [0.25, 0.3) is 0 Å². The van der Waals surface area contributed by atoms with Gasteiger partial charge in [-0.25, -0.2) is 0 Å². The molecule has 0 bridgehead atoms. The van der Waals surface area contributed by atoms with Crippen LogP contribution in [0.3, 0.4) is 0 Å². The second-order valence-corrected chi connectivity index (χ2v) is 0.832. The molecule has 0 aliphatic heterocycles. The Bertz CT molecular complexity index is 48.8. The van der Waals surface area contributed by atoms with Crippen molar-refractivity contribution >= 4 is 5.91 Å². The SMILES string of the molecule is CCC(=O)[N]F. The Hall–Kier alpha value is -0.600. The number of hydrogen-bond acceptors (Lipinski definition) is 1. The van der Waals surface area contributed by atoms with Crippen LogP contribution in [0, 0.1) is 0 Å². The molecule has 1 radical (unpaired) electrons. The first-order valence-electron chi connectivity index (χ1n) is 1.66. The zero-order chi connectivity index (χ0) is 4.99. The summed E-state index contributed by atoms with van der Waals surface area (Å²) in [7, 11) is 0. The quantitative estimate of drug-likeness (QED) is 0.458. The van der Waals surface area contributed by atoms with E-state index < -0.39 is 5.91 Å². The molecule has 1 amide bonds. The number of carbonyl (C=O) groups excluding carboxylic acids is 1. The third-order valence-electron chi connectivity index (χ3n) is 0.397. The van der Waals surface area contributed by atoms with Crippen molar-refractivity contribution in [2.45, 2.75) is 13.3 Å². The average Bonchev–Trinajstić information content (AvgIpc) is 1.65. The molecule has 0 saturated carbocycles. The summed E-state index contributed by atoms with van der Waals surface area (Å²) in [4.78, 5) is 9.64. The van der Waals surface area contributed by atoms with Gasteiger partial charge in [-0.3, -0.25) is 4.79 Å². The van der Waals surface area contributed by atoms with Gasteiger partial charge in [0.1, 0.15) is 0 Å². The lowest BCUT2D eigenvalue weighted by Gasteiger charge is -1.77. The normalized spacial score (nSPS) is 7.67. The van der Waals surface area contributed by atoms with Crippen molar-refractivity contribution in [2.75, 3.05) is 0 Å². The second-order valence-electron chi connectivity index (χ2n) is 0.832. The standard InChI is InChI=1S/C3H5FNO/c1-2-3(6)5-4/h2H2,1H3. The molecule has 0 N–H and O–H groups in total. The Labute approximate surface area is 35.3 Å². The summed E-state index contributed by atoms with van der Waals surface area (Å²) in [6.07, 6.45) is 0.149. The van der Waals surface area contributed by atoms with Crippen molar-refractivity contribution in [3.8, 4) is 0 Å². The van der Waals surface area contributed by atoms with E-state index in [1.54, 1.807) is 6.92 Å². The molecule has 0 rings (SSSR count). The zero-order valence-electron chi connectivity index (χ0n) is 3.44. The van der Waals surface area contributed by atoms with Crippen LogP contribution in [0.1, 0.15) is 13.3 Å². The van der Waals surface area contributed by atoms with E-state index in [4.69, 9.17) is 0 Å². The van der Waals surface area contributed by atoms with Gasteiger partial charge in [-0.2, -0.15) is 0 Å². The van der Waals surface area contributed by atoms with E-state index >= 15 is 0 Å². The molecule has 0 unspecified atom stereocenters. The molecule has 0 aromatic rings. The number of rotatable bonds is 1. The first kappa shape index (κ1) is 5.40. The van der Waals surface area contributed by atoms with E-state index in [-0.39, 0.29) is 6.42 Å². The summed E-state index contributed by atoms with van der Waals surface area (Å²) >= 11 is 0. The van der Waals surface area contributed by atoms with Crippen LogP contribution in [0.5, 0.6) is 0 Å². The summed E-state index contributed by atoms with van der Waals surface area (Å²) in [5.74, 6) is -0.699.